The van der Waals surface area contributed by atoms with Crippen molar-refractivity contribution in [1.82, 2.24) is 14.9 Å². The van der Waals surface area contributed by atoms with Crippen LogP contribution < -0.4 is 10.1 Å². The zero-order valence-electron chi connectivity index (χ0n) is 12.8. The standard InChI is InChI=1S/C16H18FN3O3/c1-20-7-6-18-14(20)9-22-10-15(21)19-13-5-8-23-16-11(13)3-2-4-12(16)17/h2-4,6-7,13H,5,8-10H2,1H3,(H,19,21)/t13-/m0/s1. The quantitative estimate of drug-likeness (QED) is 0.911. The summed E-state index contributed by atoms with van der Waals surface area (Å²) in [4.78, 5) is 16.1. The second-order valence-electron chi connectivity index (χ2n) is 5.36. The summed E-state index contributed by atoms with van der Waals surface area (Å²) in [5.41, 5.74) is 0.661. The third-order valence-corrected chi connectivity index (χ3v) is 3.75. The van der Waals surface area contributed by atoms with Crippen molar-refractivity contribution in [3.05, 3.63) is 47.8 Å². The van der Waals surface area contributed by atoms with Gasteiger partial charge in [0.25, 0.3) is 0 Å². The predicted octanol–water partition coefficient (Wildman–Crippen LogP) is 1.72. The predicted molar refractivity (Wildman–Crippen MR) is 80.3 cm³/mol. The van der Waals surface area contributed by atoms with Gasteiger partial charge >= 0.3 is 0 Å². The minimum atomic E-state index is -0.410. The fourth-order valence-corrected chi connectivity index (χ4v) is 2.54. The summed E-state index contributed by atoms with van der Waals surface area (Å²) in [7, 11) is 1.86. The lowest BCUT2D eigenvalue weighted by molar-refractivity contribution is -0.127. The summed E-state index contributed by atoms with van der Waals surface area (Å²) >= 11 is 0. The Morgan fingerprint density at radius 1 is 1.57 bits per heavy atom. The van der Waals surface area contributed by atoms with Crippen molar-refractivity contribution in [3.8, 4) is 5.75 Å². The maximum Gasteiger partial charge on any atom is 0.246 e. The topological polar surface area (TPSA) is 65.4 Å². The van der Waals surface area contributed by atoms with Gasteiger partial charge < -0.3 is 19.4 Å². The van der Waals surface area contributed by atoms with E-state index < -0.39 is 5.82 Å². The highest BCUT2D eigenvalue weighted by atomic mass is 19.1. The molecule has 1 aliphatic heterocycles. The Hall–Kier alpha value is -2.41. The van der Waals surface area contributed by atoms with E-state index in [-0.39, 0.29) is 30.9 Å². The summed E-state index contributed by atoms with van der Waals surface area (Å²) in [5, 5.41) is 2.86. The van der Waals surface area contributed by atoms with Crippen LogP contribution >= 0.6 is 0 Å². The maximum absolute atomic E-state index is 13.7. The molecule has 0 saturated carbocycles. The number of nitrogens with zero attached hydrogens (tertiary/aromatic N) is 2. The van der Waals surface area contributed by atoms with Gasteiger partial charge in [-0.1, -0.05) is 12.1 Å². The lowest BCUT2D eigenvalue weighted by atomic mass is 10.0. The van der Waals surface area contributed by atoms with Crippen LogP contribution in [0.25, 0.3) is 0 Å². The molecule has 6 nitrogen and oxygen atoms in total. The van der Waals surface area contributed by atoms with Gasteiger partial charge in [-0.3, -0.25) is 4.79 Å². The van der Waals surface area contributed by atoms with Gasteiger partial charge in [0.15, 0.2) is 11.6 Å². The molecule has 3 rings (SSSR count). The van der Waals surface area contributed by atoms with Crippen molar-refractivity contribution in [2.75, 3.05) is 13.2 Å². The largest absolute Gasteiger partial charge is 0.490 e. The normalized spacial score (nSPS) is 16.5. The van der Waals surface area contributed by atoms with Crippen LogP contribution in [0.5, 0.6) is 5.75 Å². The van der Waals surface area contributed by atoms with Gasteiger partial charge in [0.05, 0.1) is 12.6 Å². The molecule has 1 aliphatic rings. The highest BCUT2D eigenvalue weighted by Gasteiger charge is 2.25. The molecule has 0 saturated heterocycles. The molecule has 1 amide bonds. The molecular formula is C16H18FN3O3. The Morgan fingerprint density at radius 2 is 2.43 bits per heavy atom. The number of rotatable bonds is 5. The monoisotopic (exact) mass is 319 g/mol. The molecule has 1 N–H and O–H groups in total. The molecule has 1 aromatic heterocycles. The van der Waals surface area contributed by atoms with E-state index in [0.717, 1.165) is 5.82 Å². The molecule has 0 radical (unpaired) electrons. The molecule has 2 aromatic rings. The van der Waals surface area contributed by atoms with Crippen molar-refractivity contribution in [3.63, 3.8) is 0 Å². The maximum atomic E-state index is 13.7. The number of carbonyl (C=O) groups excluding carboxylic acids is 1. The summed E-state index contributed by atoms with van der Waals surface area (Å²) < 4.78 is 26.3. The number of hydrogen-bond donors (Lipinski definition) is 1. The minimum absolute atomic E-state index is 0.0745. The molecule has 7 heteroatoms. The lowest BCUT2D eigenvalue weighted by Gasteiger charge is -2.26. The van der Waals surface area contributed by atoms with Gasteiger partial charge in [-0.25, -0.2) is 9.37 Å². The van der Waals surface area contributed by atoms with Gasteiger partial charge in [0.2, 0.25) is 5.91 Å². The number of aromatic nitrogens is 2. The Kier molecular flexibility index (Phi) is 4.57. The molecule has 0 unspecified atom stereocenters. The number of ether oxygens (including phenoxy) is 2. The van der Waals surface area contributed by atoms with Crippen molar-refractivity contribution < 1.29 is 18.7 Å². The fraction of sp³-hybridized carbons (Fsp3) is 0.375. The van der Waals surface area contributed by atoms with E-state index in [1.165, 1.54) is 6.07 Å². The number of carbonyl (C=O) groups is 1. The average Bonchev–Trinajstić information content (AvgIpc) is 2.94. The third kappa shape index (κ3) is 3.50. The molecule has 122 valence electrons. The van der Waals surface area contributed by atoms with Gasteiger partial charge in [-0.15, -0.1) is 0 Å². The van der Waals surface area contributed by atoms with E-state index in [4.69, 9.17) is 9.47 Å². The van der Waals surface area contributed by atoms with Crippen LogP contribution in [0.4, 0.5) is 4.39 Å². The van der Waals surface area contributed by atoms with Crippen molar-refractivity contribution in [2.45, 2.75) is 19.1 Å². The molecule has 1 atom stereocenters. The fourth-order valence-electron chi connectivity index (χ4n) is 2.54. The zero-order valence-corrected chi connectivity index (χ0v) is 12.8. The number of para-hydroxylation sites is 1. The number of fused-ring (bicyclic) bond motifs is 1. The smallest absolute Gasteiger partial charge is 0.246 e. The number of nitrogens with one attached hydrogen (secondary N) is 1. The second-order valence-corrected chi connectivity index (χ2v) is 5.36. The van der Waals surface area contributed by atoms with Crippen LogP contribution in [0.1, 0.15) is 23.9 Å². The van der Waals surface area contributed by atoms with Gasteiger partial charge in [-0.2, -0.15) is 0 Å². The number of benzene rings is 1. The first kappa shape index (κ1) is 15.5. The lowest BCUT2D eigenvalue weighted by Crippen LogP contribution is -2.34. The Bertz CT molecular complexity index is 702. The second kappa shape index (κ2) is 6.78. The van der Waals surface area contributed by atoms with Crippen LogP contribution in [-0.4, -0.2) is 28.7 Å². The first-order chi connectivity index (χ1) is 11.1. The molecule has 1 aromatic carbocycles. The summed E-state index contributed by atoms with van der Waals surface area (Å²) in [6.07, 6.45) is 4.08. The number of aryl methyl sites for hydroxylation is 1. The summed E-state index contributed by atoms with van der Waals surface area (Å²) in [6.45, 7) is 0.553. The summed E-state index contributed by atoms with van der Waals surface area (Å²) in [5.74, 6) is 0.308. The Morgan fingerprint density at radius 3 is 3.22 bits per heavy atom. The average molecular weight is 319 g/mol. The van der Waals surface area contributed by atoms with E-state index in [1.54, 1.807) is 18.3 Å². The first-order valence-electron chi connectivity index (χ1n) is 7.39. The summed E-state index contributed by atoms with van der Waals surface area (Å²) in [6, 6.07) is 4.45. The van der Waals surface area contributed by atoms with Crippen LogP contribution in [0.2, 0.25) is 0 Å². The van der Waals surface area contributed by atoms with Gasteiger partial charge in [-0.05, 0) is 6.07 Å². The van der Waals surface area contributed by atoms with Crippen LogP contribution in [0.15, 0.2) is 30.6 Å². The van der Waals surface area contributed by atoms with E-state index in [9.17, 15) is 9.18 Å². The molecule has 0 bridgehead atoms. The SMILES string of the molecule is Cn1ccnc1COCC(=O)N[C@H]1CCOc2c(F)cccc21. The van der Waals surface area contributed by atoms with Crippen molar-refractivity contribution in [2.24, 2.45) is 7.05 Å². The zero-order chi connectivity index (χ0) is 16.2. The minimum Gasteiger partial charge on any atom is -0.490 e. The third-order valence-electron chi connectivity index (χ3n) is 3.75. The van der Waals surface area contributed by atoms with Crippen LogP contribution in [-0.2, 0) is 23.2 Å². The Labute approximate surface area is 133 Å². The number of hydrogen-bond acceptors (Lipinski definition) is 4. The Balaban J connectivity index is 1.55. The molecule has 0 fully saturated rings. The van der Waals surface area contributed by atoms with Crippen molar-refractivity contribution >= 4 is 5.91 Å². The molecule has 23 heavy (non-hydrogen) atoms. The molecule has 0 aliphatic carbocycles. The highest BCUT2D eigenvalue weighted by molar-refractivity contribution is 5.77. The first-order valence-corrected chi connectivity index (χ1v) is 7.39. The number of halogens is 1. The van der Waals surface area contributed by atoms with Gasteiger partial charge in [0.1, 0.15) is 19.0 Å². The highest BCUT2D eigenvalue weighted by Crippen LogP contribution is 2.33. The van der Waals surface area contributed by atoms with Crippen LogP contribution in [0.3, 0.4) is 0 Å². The van der Waals surface area contributed by atoms with E-state index in [0.29, 0.717) is 18.6 Å². The molecular weight excluding hydrogens is 301 g/mol. The van der Waals surface area contributed by atoms with Crippen LogP contribution in [0, 0.1) is 5.82 Å². The van der Waals surface area contributed by atoms with E-state index in [1.807, 2.05) is 17.8 Å². The molecule has 2 heterocycles. The van der Waals surface area contributed by atoms with E-state index in [2.05, 4.69) is 10.3 Å². The van der Waals surface area contributed by atoms with E-state index >= 15 is 0 Å². The van der Waals surface area contributed by atoms with Crippen molar-refractivity contribution in [1.29, 1.82) is 0 Å². The van der Waals surface area contributed by atoms with Gasteiger partial charge in [0, 0.05) is 31.4 Å². The molecule has 0 spiro atoms. The number of imidazole rings is 1. The number of amides is 1.